The second-order valence-electron chi connectivity index (χ2n) is 11.2. The molecule has 1 aliphatic carbocycles. The zero-order valence-corrected chi connectivity index (χ0v) is 27.8. The Hall–Kier alpha value is -3.76. The molecule has 1 aliphatic heterocycles. The molecule has 0 atom stereocenters. The first kappa shape index (κ1) is 35.1. The summed E-state index contributed by atoms with van der Waals surface area (Å²) in [5.41, 5.74) is 12.0. The fourth-order valence-corrected chi connectivity index (χ4v) is 5.94. The van der Waals surface area contributed by atoms with E-state index in [2.05, 4.69) is 26.9 Å². The van der Waals surface area contributed by atoms with Crippen molar-refractivity contribution < 1.29 is 19.4 Å². The lowest BCUT2D eigenvalue weighted by Crippen LogP contribution is -2.47. The third-order valence-corrected chi connectivity index (χ3v) is 8.46. The maximum absolute atomic E-state index is 11.0. The average molecular weight is 687 g/mol. The number of carboxylic acids is 1. The van der Waals surface area contributed by atoms with Crippen LogP contribution >= 0.6 is 36.4 Å². The minimum Gasteiger partial charge on any atom is -0.494 e. The standard InChI is InChI=1S/C34H36ClN5O4.2ClH/c35-26-8-3-23(4-9-26)22-44-28-12-14-29-25(21-28)7-13-30-31(29)37-34(36)38-32(30)40-18-16-39(17-19-40)15-1-2-20-43-27-10-5-24(6-11-27)33(41)42;;/h3-6,8-12,14,21H,1-2,7,13,15-20,22H2,(H,41,42)(H2,36,37,38);2*1H. The first-order valence-corrected chi connectivity index (χ1v) is 15.4. The van der Waals surface area contributed by atoms with E-state index in [0.29, 0.717) is 29.9 Å². The number of anilines is 2. The van der Waals surface area contributed by atoms with Gasteiger partial charge in [0.2, 0.25) is 5.95 Å². The van der Waals surface area contributed by atoms with Gasteiger partial charge in [0.1, 0.15) is 23.9 Å². The van der Waals surface area contributed by atoms with E-state index in [1.165, 1.54) is 11.1 Å². The quantitative estimate of drug-likeness (QED) is 0.169. The number of aromatic nitrogens is 2. The number of piperazine rings is 1. The summed E-state index contributed by atoms with van der Waals surface area (Å²) in [6.07, 6.45) is 3.72. The number of carboxylic acid groups (broad SMARTS) is 1. The SMILES string of the molecule is Cl.Cl.Nc1nc2c(c(N3CCN(CCCCOc4ccc(C(=O)O)cc4)CC3)n1)CCc1cc(OCc3ccc(Cl)cc3)ccc1-2. The van der Waals surface area contributed by atoms with Gasteiger partial charge in [-0.25, -0.2) is 9.78 Å². The number of halogens is 3. The molecule has 2 aliphatic rings. The molecule has 0 saturated carbocycles. The van der Waals surface area contributed by atoms with Gasteiger partial charge in [0.05, 0.1) is 17.9 Å². The van der Waals surface area contributed by atoms with E-state index in [1.807, 2.05) is 30.3 Å². The van der Waals surface area contributed by atoms with Crippen LogP contribution in [0, 0.1) is 0 Å². The van der Waals surface area contributed by atoms with Gasteiger partial charge >= 0.3 is 5.97 Å². The first-order valence-electron chi connectivity index (χ1n) is 15.0. The third kappa shape index (κ3) is 8.53. The molecule has 2 heterocycles. The second-order valence-corrected chi connectivity index (χ2v) is 11.6. The van der Waals surface area contributed by atoms with E-state index in [-0.39, 0.29) is 30.4 Å². The van der Waals surface area contributed by atoms with Crippen molar-refractivity contribution in [2.24, 2.45) is 0 Å². The molecular weight excluding hydrogens is 649 g/mol. The summed E-state index contributed by atoms with van der Waals surface area (Å²) in [6.45, 7) is 5.79. The Balaban J connectivity index is 0.00000240. The Labute approximate surface area is 286 Å². The highest BCUT2D eigenvalue weighted by Crippen LogP contribution is 2.38. The third-order valence-electron chi connectivity index (χ3n) is 8.21. The zero-order chi connectivity index (χ0) is 30.5. The van der Waals surface area contributed by atoms with Gasteiger partial charge in [0.15, 0.2) is 0 Å². The molecule has 1 saturated heterocycles. The van der Waals surface area contributed by atoms with Gasteiger partial charge in [-0.1, -0.05) is 23.7 Å². The lowest BCUT2D eigenvalue weighted by Gasteiger charge is -2.37. The van der Waals surface area contributed by atoms with Crippen LogP contribution in [0.3, 0.4) is 0 Å². The maximum Gasteiger partial charge on any atom is 0.335 e. The van der Waals surface area contributed by atoms with E-state index in [0.717, 1.165) is 86.8 Å². The predicted molar refractivity (Wildman–Crippen MR) is 186 cm³/mol. The van der Waals surface area contributed by atoms with Gasteiger partial charge in [0.25, 0.3) is 0 Å². The van der Waals surface area contributed by atoms with Crippen LogP contribution in [0.15, 0.2) is 66.7 Å². The van der Waals surface area contributed by atoms with Crippen molar-refractivity contribution in [3.8, 4) is 22.8 Å². The number of fused-ring (bicyclic) bond motifs is 3. The summed E-state index contributed by atoms with van der Waals surface area (Å²) >= 11 is 6.00. The number of nitrogens with two attached hydrogens (primary N) is 1. The summed E-state index contributed by atoms with van der Waals surface area (Å²) in [6, 6.07) is 20.4. The molecule has 244 valence electrons. The van der Waals surface area contributed by atoms with E-state index in [9.17, 15) is 4.79 Å². The number of nitrogen functional groups attached to an aromatic ring is 1. The highest BCUT2D eigenvalue weighted by Gasteiger charge is 2.27. The fourth-order valence-electron chi connectivity index (χ4n) is 5.81. The number of hydrogen-bond acceptors (Lipinski definition) is 8. The van der Waals surface area contributed by atoms with Crippen LogP contribution in [0.2, 0.25) is 5.02 Å². The summed E-state index contributed by atoms with van der Waals surface area (Å²) in [7, 11) is 0. The molecule has 4 aromatic rings. The molecule has 0 bridgehead atoms. The number of hydrogen-bond donors (Lipinski definition) is 2. The lowest BCUT2D eigenvalue weighted by molar-refractivity contribution is 0.0697. The topological polar surface area (TPSA) is 114 Å². The van der Waals surface area contributed by atoms with Gasteiger partial charge < -0.3 is 25.2 Å². The molecule has 3 N–H and O–H groups in total. The second kappa shape index (κ2) is 16.2. The van der Waals surface area contributed by atoms with Gasteiger partial charge in [0, 0.05) is 42.3 Å². The normalized spacial score (nSPS) is 13.9. The number of benzene rings is 3. The van der Waals surface area contributed by atoms with Crippen LogP contribution in [0.5, 0.6) is 11.5 Å². The van der Waals surface area contributed by atoms with Crippen LogP contribution in [-0.4, -0.2) is 65.3 Å². The van der Waals surface area contributed by atoms with Crippen LogP contribution < -0.4 is 20.1 Å². The maximum atomic E-state index is 11.0. The summed E-state index contributed by atoms with van der Waals surface area (Å²) in [5, 5.41) is 9.73. The van der Waals surface area contributed by atoms with Crippen molar-refractivity contribution in [1.29, 1.82) is 0 Å². The Bertz CT molecular complexity index is 1610. The van der Waals surface area contributed by atoms with Crippen LogP contribution in [0.1, 0.15) is 39.9 Å². The molecular formula is C34H38Cl3N5O4. The number of rotatable bonds is 11. The molecule has 0 unspecified atom stereocenters. The predicted octanol–water partition coefficient (Wildman–Crippen LogP) is 6.58. The van der Waals surface area contributed by atoms with E-state index >= 15 is 0 Å². The molecule has 3 aromatic carbocycles. The van der Waals surface area contributed by atoms with Crippen molar-refractivity contribution in [2.75, 3.05) is 50.0 Å². The Kier molecular flexibility index (Phi) is 12.3. The number of aromatic carboxylic acids is 1. The van der Waals surface area contributed by atoms with Crippen LogP contribution in [0.4, 0.5) is 11.8 Å². The van der Waals surface area contributed by atoms with Crippen LogP contribution in [0.25, 0.3) is 11.3 Å². The number of aryl methyl sites for hydroxylation is 1. The number of unbranched alkanes of at least 4 members (excludes halogenated alkanes) is 1. The van der Waals surface area contributed by atoms with Crippen molar-refractivity contribution in [3.05, 3.63) is 94.0 Å². The highest BCUT2D eigenvalue weighted by atomic mass is 35.5. The largest absolute Gasteiger partial charge is 0.494 e. The minimum atomic E-state index is -0.934. The molecule has 9 nitrogen and oxygen atoms in total. The Morgan fingerprint density at radius 2 is 1.59 bits per heavy atom. The Morgan fingerprint density at radius 1 is 0.870 bits per heavy atom. The van der Waals surface area contributed by atoms with Gasteiger partial charge in [-0.3, -0.25) is 4.90 Å². The van der Waals surface area contributed by atoms with Crippen molar-refractivity contribution in [2.45, 2.75) is 32.3 Å². The van der Waals surface area contributed by atoms with E-state index in [4.69, 9.17) is 36.9 Å². The highest BCUT2D eigenvalue weighted by molar-refractivity contribution is 6.30. The summed E-state index contributed by atoms with van der Waals surface area (Å²) in [5.74, 6) is 1.86. The molecule has 1 fully saturated rings. The Morgan fingerprint density at radius 3 is 2.30 bits per heavy atom. The van der Waals surface area contributed by atoms with E-state index < -0.39 is 5.97 Å². The van der Waals surface area contributed by atoms with Gasteiger partial charge in [-0.15, -0.1) is 24.8 Å². The molecule has 1 aromatic heterocycles. The lowest BCUT2D eigenvalue weighted by atomic mass is 9.88. The van der Waals surface area contributed by atoms with Crippen LogP contribution in [-0.2, 0) is 19.4 Å². The average Bonchev–Trinajstić information content (AvgIpc) is 3.04. The van der Waals surface area contributed by atoms with E-state index in [1.54, 1.807) is 24.3 Å². The summed E-state index contributed by atoms with van der Waals surface area (Å²) in [4.78, 5) is 25.2. The number of carbonyl (C=O) groups is 1. The van der Waals surface area contributed by atoms with Crippen molar-refractivity contribution in [3.63, 3.8) is 0 Å². The molecule has 6 rings (SSSR count). The molecule has 12 heteroatoms. The number of ether oxygens (including phenoxy) is 2. The molecule has 0 amide bonds. The van der Waals surface area contributed by atoms with Gasteiger partial charge in [-0.05, 0) is 98.0 Å². The monoisotopic (exact) mass is 685 g/mol. The summed E-state index contributed by atoms with van der Waals surface area (Å²) < 4.78 is 11.9. The number of nitrogens with zero attached hydrogens (tertiary/aromatic N) is 4. The zero-order valence-electron chi connectivity index (χ0n) is 25.4. The minimum absolute atomic E-state index is 0. The smallest absolute Gasteiger partial charge is 0.335 e. The van der Waals surface area contributed by atoms with Gasteiger partial charge in [-0.2, -0.15) is 4.98 Å². The molecule has 46 heavy (non-hydrogen) atoms. The molecule has 0 radical (unpaired) electrons. The van der Waals surface area contributed by atoms with Crippen molar-refractivity contribution >= 4 is 54.2 Å². The molecule has 0 spiro atoms. The first-order chi connectivity index (χ1) is 21.4. The fraction of sp³-hybridized carbons (Fsp3) is 0.324. The van der Waals surface area contributed by atoms with Crippen molar-refractivity contribution in [1.82, 2.24) is 14.9 Å².